The predicted octanol–water partition coefficient (Wildman–Crippen LogP) is 3.19. The summed E-state index contributed by atoms with van der Waals surface area (Å²) in [5, 5.41) is 0. The Labute approximate surface area is 85.8 Å². The molecule has 0 fully saturated rings. The molecule has 2 aromatic rings. The molecule has 0 aliphatic carbocycles. The molecule has 1 aromatic heterocycles. The fourth-order valence-electron chi connectivity index (χ4n) is 1.01. The van der Waals surface area contributed by atoms with E-state index < -0.39 is 12.7 Å². The fraction of sp³-hybridized carbons (Fsp3) is 0.125. The monoisotopic (exact) mass is 263 g/mol. The lowest BCUT2D eigenvalue weighted by molar-refractivity contribution is -0.0664. The Balaban J connectivity index is 2.41. The van der Waals surface area contributed by atoms with Crippen molar-refractivity contribution in [1.29, 1.82) is 0 Å². The van der Waals surface area contributed by atoms with Crippen molar-refractivity contribution in [2.24, 2.45) is 0 Å². The van der Waals surface area contributed by atoms with Crippen LogP contribution in [0.4, 0.5) is 8.78 Å². The molecule has 0 radical (unpaired) electrons. The summed E-state index contributed by atoms with van der Waals surface area (Å²) in [5.74, 6) is 0. The average molecular weight is 264 g/mol. The van der Waals surface area contributed by atoms with Crippen LogP contribution in [-0.4, -0.2) is 11.6 Å². The summed E-state index contributed by atoms with van der Waals surface area (Å²) in [6, 6.07) is 4.99. The summed E-state index contributed by atoms with van der Waals surface area (Å²) in [5.41, 5.74) is 0.874. The molecule has 0 saturated heterocycles. The molecule has 3 nitrogen and oxygen atoms in total. The lowest BCUT2D eigenvalue weighted by Gasteiger charge is -1.94. The maximum atomic E-state index is 11.8. The minimum atomic E-state index is -2.92. The lowest BCUT2D eigenvalue weighted by Crippen LogP contribution is -2.01. The SMILES string of the molecule is FC(F)Oc1nc2cc(Br)ccc2o1. The van der Waals surface area contributed by atoms with Gasteiger partial charge in [0.1, 0.15) is 5.52 Å². The quantitative estimate of drug-likeness (QED) is 0.835. The number of aromatic nitrogens is 1. The van der Waals surface area contributed by atoms with Crippen molar-refractivity contribution in [3.8, 4) is 6.08 Å². The molecule has 0 N–H and O–H groups in total. The standard InChI is InChI=1S/C8H4BrF2NO2/c9-4-1-2-6-5(3-4)12-8(13-6)14-7(10)11/h1-3,7H. The highest BCUT2D eigenvalue weighted by molar-refractivity contribution is 9.10. The second-order valence-electron chi connectivity index (χ2n) is 2.47. The van der Waals surface area contributed by atoms with Gasteiger partial charge in [0, 0.05) is 4.47 Å². The van der Waals surface area contributed by atoms with E-state index in [4.69, 9.17) is 4.42 Å². The van der Waals surface area contributed by atoms with E-state index in [1.54, 1.807) is 18.2 Å². The number of halogens is 3. The fourth-order valence-corrected chi connectivity index (χ4v) is 1.36. The Morgan fingerprint density at radius 1 is 1.43 bits per heavy atom. The number of ether oxygens (including phenoxy) is 1. The first kappa shape index (κ1) is 9.39. The molecular formula is C8H4BrF2NO2. The molecule has 0 bridgehead atoms. The summed E-state index contributed by atoms with van der Waals surface area (Å²) < 4.78 is 33.3. The Morgan fingerprint density at radius 2 is 2.21 bits per heavy atom. The third-order valence-corrected chi connectivity index (χ3v) is 2.01. The van der Waals surface area contributed by atoms with E-state index in [2.05, 4.69) is 25.7 Å². The minimum Gasteiger partial charge on any atom is -0.409 e. The van der Waals surface area contributed by atoms with Crippen LogP contribution >= 0.6 is 15.9 Å². The Bertz CT molecular complexity index is 458. The molecule has 6 heteroatoms. The highest BCUT2D eigenvalue weighted by Gasteiger charge is 2.11. The van der Waals surface area contributed by atoms with Crippen molar-refractivity contribution >= 4 is 27.0 Å². The molecule has 0 spiro atoms. The third-order valence-electron chi connectivity index (χ3n) is 1.52. The average Bonchev–Trinajstić information content (AvgIpc) is 2.44. The summed E-state index contributed by atoms with van der Waals surface area (Å²) in [4.78, 5) is 3.71. The van der Waals surface area contributed by atoms with Gasteiger partial charge in [-0.2, -0.15) is 13.8 Å². The van der Waals surface area contributed by atoms with Crippen LogP contribution < -0.4 is 4.74 Å². The Hall–Kier alpha value is -1.17. The maximum Gasteiger partial charge on any atom is 0.399 e. The number of benzene rings is 1. The predicted molar refractivity (Wildman–Crippen MR) is 48.3 cm³/mol. The molecule has 0 atom stereocenters. The van der Waals surface area contributed by atoms with Gasteiger partial charge >= 0.3 is 12.7 Å². The van der Waals surface area contributed by atoms with E-state index in [-0.39, 0.29) is 0 Å². The molecule has 74 valence electrons. The molecule has 1 aromatic carbocycles. The summed E-state index contributed by atoms with van der Waals surface area (Å²) in [6.45, 7) is -2.92. The van der Waals surface area contributed by atoms with Gasteiger partial charge in [0.25, 0.3) is 0 Å². The van der Waals surface area contributed by atoms with E-state index in [0.29, 0.717) is 11.1 Å². The van der Waals surface area contributed by atoms with Gasteiger partial charge in [-0.15, -0.1) is 0 Å². The van der Waals surface area contributed by atoms with Gasteiger partial charge in [-0.3, -0.25) is 0 Å². The summed E-state index contributed by atoms with van der Waals surface area (Å²) in [6.07, 6.45) is -0.423. The van der Waals surface area contributed by atoms with E-state index >= 15 is 0 Å². The molecule has 1 heterocycles. The zero-order valence-corrected chi connectivity index (χ0v) is 8.29. The first-order valence-electron chi connectivity index (χ1n) is 3.66. The largest absolute Gasteiger partial charge is 0.409 e. The minimum absolute atomic E-state index is 0.406. The van der Waals surface area contributed by atoms with Crippen molar-refractivity contribution in [2.75, 3.05) is 0 Å². The van der Waals surface area contributed by atoms with Crippen molar-refractivity contribution in [1.82, 2.24) is 4.98 Å². The molecular weight excluding hydrogens is 260 g/mol. The highest BCUT2D eigenvalue weighted by Crippen LogP contribution is 2.24. The normalized spacial score (nSPS) is 11.1. The molecule has 0 saturated carbocycles. The van der Waals surface area contributed by atoms with Gasteiger partial charge < -0.3 is 9.15 Å². The first-order chi connectivity index (χ1) is 6.65. The number of oxazole rings is 1. The zero-order chi connectivity index (χ0) is 10.1. The van der Waals surface area contributed by atoms with Crippen molar-refractivity contribution in [3.05, 3.63) is 22.7 Å². The maximum absolute atomic E-state index is 11.8. The van der Waals surface area contributed by atoms with Crippen LogP contribution in [0.1, 0.15) is 0 Å². The van der Waals surface area contributed by atoms with Gasteiger partial charge in [0.2, 0.25) is 0 Å². The van der Waals surface area contributed by atoms with E-state index in [9.17, 15) is 8.78 Å². The van der Waals surface area contributed by atoms with Crippen LogP contribution in [0.25, 0.3) is 11.1 Å². The Morgan fingerprint density at radius 3 is 2.93 bits per heavy atom. The second-order valence-corrected chi connectivity index (χ2v) is 3.39. The number of hydrogen-bond acceptors (Lipinski definition) is 3. The molecule has 0 aliphatic heterocycles. The van der Waals surface area contributed by atoms with Crippen LogP contribution in [0.5, 0.6) is 6.08 Å². The molecule has 0 amide bonds. The number of fused-ring (bicyclic) bond motifs is 1. The Kier molecular flexibility index (Phi) is 2.37. The van der Waals surface area contributed by atoms with Gasteiger partial charge in [0.15, 0.2) is 5.58 Å². The smallest absolute Gasteiger partial charge is 0.399 e. The third kappa shape index (κ3) is 1.84. The lowest BCUT2D eigenvalue weighted by atomic mass is 10.3. The van der Waals surface area contributed by atoms with Crippen molar-refractivity contribution in [3.63, 3.8) is 0 Å². The molecule has 14 heavy (non-hydrogen) atoms. The van der Waals surface area contributed by atoms with Gasteiger partial charge in [-0.1, -0.05) is 15.9 Å². The topological polar surface area (TPSA) is 35.3 Å². The van der Waals surface area contributed by atoms with Gasteiger partial charge in [-0.25, -0.2) is 0 Å². The van der Waals surface area contributed by atoms with Crippen LogP contribution in [0, 0.1) is 0 Å². The van der Waals surface area contributed by atoms with E-state index in [1.807, 2.05) is 0 Å². The first-order valence-corrected chi connectivity index (χ1v) is 4.45. The van der Waals surface area contributed by atoms with Gasteiger partial charge in [0.05, 0.1) is 0 Å². The van der Waals surface area contributed by atoms with Gasteiger partial charge in [-0.05, 0) is 18.2 Å². The van der Waals surface area contributed by atoms with Crippen molar-refractivity contribution < 1.29 is 17.9 Å². The molecule has 2 rings (SSSR count). The zero-order valence-electron chi connectivity index (χ0n) is 6.71. The van der Waals surface area contributed by atoms with Crippen LogP contribution in [0.2, 0.25) is 0 Å². The van der Waals surface area contributed by atoms with Crippen LogP contribution in [0.15, 0.2) is 27.1 Å². The second kappa shape index (κ2) is 3.53. The van der Waals surface area contributed by atoms with Crippen molar-refractivity contribution in [2.45, 2.75) is 6.61 Å². The van der Waals surface area contributed by atoms with Crippen LogP contribution in [-0.2, 0) is 0 Å². The molecule has 0 aliphatic rings. The van der Waals surface area contributed by atoms with E-state index in [1.165, 1.54) is 0 Å². The summed E-state index contributed by atoms with van der Waals surface area (Å²) >= 11 is 3.22. The number of rotatable bonds is 2. The molecule has 0 unspecified atom stereocenters. The summed E-state index contributed by atoms with van der Waals surface area (Å²) in [7, 11) is 0. The van der Waals surface area contributed by atoms with Crippen LogP contribution in [0.3, 0.4) is 0 Å². The number of nitrogens with zero attached hydrogens (tertiary/aromatic N) is 1. The van der Waals surface area contributed by atoms with E-state index in [0.717, 1.165) is 4.47 Å². The number of alkyl halides is 2. The number of hydrogen-bond donors (Lipinski definition) is 0. The highest BCUT2D eigenvalue weighted by atomic mass is 79.9.